The highest BCUT2D eigenvalue weighted by Gasteiger charge is 2.28. The number of rotatable bonds is 15. The number of aryl methyl sites for hydroxylation is 2. The quantitative estimate of drug-likeness (QED) is 0.0622. The number of hydrogen-bond acceptors (Lipinski definition) is 10. The Morgan fingerprint density at radius 1 is 0.865 bits per heavy atom. The van der Waals surface area contributed by atoms with Gasteiger partial charge in [-0.05, 0) is 133 Å². The lowest BCUT2D eigenvalue weighted by Crippen LogP contribution is -2.31. The van der Waals surface area contributed by atoms with Gasteiger partial charge in [0, 0.05) is 24.6 Å². The summed E-state index contributed by atoms with van der Waals surface area (Å²) in [4.78, 5) is 14.0. The number of Topliss-reactive ketones (excluding diaryl/α,β-unsaturated/α-hetero) is 1. The lowest BCUT2D eigenvalue weighted by Gasteiger charge is -2.25. The molecule has 6 rings (SSSR count). The molecule has 0 spiro atoms. The maximum atomic E-state index is 14.0. The number of phenolic OH excluding ortho intramolecular Hbond substituents is 4. The largest absolute Gasteiger partial charge is 0.508 e. The standard InChI is InChI=1S/C42H48N2O8/c1-51-39-21-26(8-16-37(39)48)7-14-35(46)34(36(47)15-9-27-20-38(49)42(50)40(22-27)52-33-5-3-2-4-6-33)19-28-17-18-43-41(23-28)44-31-12-10-30-25-32(45)13-11-29(30)24-31/h8,10-13,16-17,20-25,33-35,43-46,48-50H,2-7,9,14-15,18-19H2,1H3. The minimum atomic E-state index is -0.955. The number of phenols is 4. The van der Waals surface area contributed by atoms with E-state index in [0.29, 0.717) is 43.5 Å². The summed E-state index contributed by atoms with van der Waals surface area (Å²) in [6.45, 7) is 0.538. The number of allylic oxidation sites excluding steroid dienone is 2. The van der Waals surface area contributed by atoms with Crippen LogP contribution in [0.1, 0.15) is 62.5 Å². The third-order valence-electron chi connectivity index (χ3n) is 10.0. The number of ketones is 1. The number of nitrogens with one attached hydrogen (secondary N) is 2. The van der Waals surface area contributed by atoms with Gasteiger partial charge in [-0.25, -0.2) is 0 Å². The Hall–Kier alpha value is -5.35. The monoisotopic (exact) mass is 708 g/mol. The van der Waals surface area contributed by atoms with Crippen molar-refractivity contribution in [2.75, 3.05) is 19.0 Å². The van der Waals surface area contributed by atoms with Crippen molar-refractivity contribution in [1.29, 1.82) is 0 Å². The first kappa shape index (κ1) is 36.4. The van der Waals surface area contributed by atoms with E-state index < -0.39 is 12.0 Å². The van der Waals surface area contributed by atoms with Gasteiger partial charge in [0.15, 0.2) is 23.0 Å². The van der Waals surface area contributed by atoms with E-state index in [1.165, 1.54) is 13.2 Å². The van der Waals surface area contributed by atoms with Crippen molar-refractivity contribution in [1.82, 2.24) is 5.32 Å². The van der Waals surface area contributed by atoms with Crippen LogP contribution < -0.4 is 20.1 Å². The number of anilines is 1. The Morgan fingerprint density at radius 3 is 2.44 bits per heavy atom. The van der Waals surface area contributed by atoms with Crippen molar-refractivity contribution >= 4 is 22.2 Å². The molecule has 0 bridgehead atoms. The van der Waals surface area contributed by atoms with Crippen LogP contribution in [0, 0.1) is 5.92 Å². The van der Waals surface area contributed by atoms with Crippen LogP contribution in [0.25, 0.3) is 10.8 Å². The molecule has 2 aliphatic rings. The topological polar surface area (TPSA) is 161 Å². The van der Waals surface area contributed by atoms with Crippen molar-refractivity contribution in [3.63, 3.8) is 0 Å². The van der Waals surface area contributed by atoms with E-state index in [4.69, 9.17) is 9.47 Å². The molecule has 0 saturated heterocycles. The molecule has 0 amide bonds. The van der Waals surface area contributed by atoms with Gasteiger partial charge in [0.2, 0.25) is 5.75 Å². The minimum absolute atomic E-state index is 0.0228. The number of aliphatic hydroxyl groups is 1. The fraction of sp³-hybridized carbons (Fsp3) is 0.357. The maximum Gasteiger partial charge on any atom is 0.200 e. The first-order chi connectivity index (χ1) is 25.1. The van der Waals surface area contributed by atoms with Gasteiger partial charge in [0.05, 0.1) is 19.3 Å². The molecular formula is C42H48N2O8. The SMILES string of the molecule is COc1cc(CCC(O)C(CC2=CCNC(Nc3ccc4cc(O)ccc4c3)=C2)C(=O)CCc2cc(O)c(O)c(OC3CCCCC3)c2)ccc1O. The number of aliphatic hydroxyl groups excluding tert-OH is 1. The number of dihydropyridines is 1. The third kappa shape index (κ3) is 9.30. The zero-order chi connectivity index (χ0) is 36.6. The fourth-order valence-electron chi connectivity index (χ4n) is 7.09. The summed E-state index contributed by atoms with van der Waals surface area (Å²) in [5, 5.41) is 61.1. The van der Waals surface area contributed by atoms with Gasteiger partial charge in [-0.15, -0.1) is 0 Å². The molecule has 1 saturated carbocycles. The van der Waals surface area contributed by atoms with Crippen LogP contribution in [0.15, 0.2) is 90.3 Å². The summed E-state index contributed by atoms with van der Waals surface area (Å²) in [6, 6.07) is 19.3. The number of fused-ring (bicyclic) bond motifs is 1. The average Bonchev–Trinajstić information content (AvgIpc) is 3.15. The molecule has 2 atom stereocenters. The highest BCUT2D eigenvalue weighted by atomic mass is 16.5. The van der Waals surface area contributed by atoms with Gasteiger partial charge in [0.25, 0.3) is 0 Å². The molecule has 10 heteroatoms. The summed E-state index contributed by atoms with van der Waals surface area (Å²) >= 11 is 0. The third-order valence-corrected chi connectivity index (χ3v) is 10.0. The number of methoxy groups -OCH3 is 1. The number of carbonyl (C=O) groups excluding carboxylic acids is 1. The van der Waals surface area contributed by atoms with E-state index in [9.17, 15) is 30.3 Å². The van der Waals surface area contributed by atoms with Gasteiger partial charge >= 0.3 is 0 Å². The van der Waals surface area contributed by atoms with E-state index in [0.717, 1.165) is 65.5 Å². The Morgan fingerprint density at radius 2 is 1.63 bits per heavy atom. The van der Waals surface area contributed by atoms with Gasteiger partial charge < -0.3 is 45.6 Å². The normalized spacial score (nSPS) is 16.0. The average molecular weight is 709 g/mol. The first-order valence-corrected chi connectivity index (χ1v) is 18.1. The van der Waals surface area contributed by atoms with E-state index in [2.05, 4.69) is 10.6 Å². The second-order valence-electron chi connectivity index (χ2n) is 13.8. The smallest absolute Gasteiger partial charge is 0.200 e. The van der Waals surface area contributed by atoms with Crippen LogP contribution in [0.2, 0.25) is 0 Å². The maximum absolute atomic E-state index is 14.0. The van der Waals surface area contributed by atoms with Gasteiger partial charge in [-0.2, -0.15) is 0 Å². The fourth-order valence-corrected chi connectivity index (χ4v) is 7.09. The molecule has 7 N–H and O–H groups in total. The molecule has 1 fully saturated rings. The van der Waals surface area contributed by atoms with Crippen LogP contribution >= 0.6 is 0 Å². The first-order valence-electron chi connectivity index (χ1n) is 18.1. The molecule has 1 aliphatic heterocycles. The Labute approximate surface area is 304 Å². The Kier molecular flexibility index (Phi) is 11.8. The van der Waals surface area contributed by atoms with Crippen LogP contribution in [0.5, 0.6) is 34.5 Å². The predicted molar refractivity (Wildman–Crippen MR) is 201 cm³/mol. The summed E-state index contributed by atoms with van der Waals surface area (Å²) in [5.74, 6) is 0.174. The second-order valence-corrected chi connectivity index (χ2v) is 13.8. The zero-order valence-electron chi connectivity index (χ0n) is 29.5. The van der Waals surface area contributed by atoms with E-state index in [1.54, 1.807) is 36.4 Å². The van der Waals surface area contributed by atoms with Crippen molar-refractivity contribution in [2.45, 2.75) is 76.4 Å². The van der Waals surface area contributed by atoms with Crippen LogP contribution in [-0.4, -0.2) is 57.2 Å². The highest BCUT2D eigenvalue weighted by Crippen LogP contribution is 2.39. The number of benzene rings is 4. The van der Waals surface area contributed by atoms with E-state index in [-0.39, 0.29) is 47.1 Å². The van der Waals surface area contributed by atoms with Crippen molar-refractivity contribution in [3.05, 3.63) is 101 Å². The molecule has 2 unspecified atom stereocenters. The summed E-state index contributed by atoms with van der Waals surface area (Å²) in [6.07, 6.45) is 9.58. The molecule has 274 valence electrons. The molecule has 1 aliphatic carbocycles. The number of hydrogen-bond donors (Lipinski definition) is 7. The van der Waals surface area contributed by atoms with Crippen molar-refractivity contribution in [3.8, 4) is 34.5 Å². The Bertz CT molecular complexity index is 1950. The van der Waals surface area contributed by atoms with E-state index in [1.807, 2.05) is 36.4 Å². The number of aromatic hydroxyl groups is 4. The zero-order valence-corrected chi connectivity index (χ0v) is 29.5. The molecule has 0 radical (unpaired) electrons. The van der Waals surface area contributed by atoms with Gasteiger partial charge in [-0.3, -0.25) is 4.79 Å². The van der Waals surface area contributed by atoms with Crippen molar-refractivity contribution < 1.29 is 39.8 Å². The van der Waals surface area contributed by atoms with Crippen LogP contribution in [0.3, 0.4) is 0 Å². The summed E-state index contributed by atoms with van der Waals surface area (Å²) < 4.78 is 11.3. The lowest BCUT2D eigenvalue weighted by molar-refractivity contribution is -0.126. The predicted octanol–water partition coefficient (Wildman–Crippen LogP) is 7.37. The van der Waals surface area contributed by atoms with Gasteiger partial charge in [-0.1, -0.05) is 30.7 Å². The van der Waals surface area contributed by atoms with E-state index >= 15 is 0 Å². The van der Waals surface area contributed by atoms with Crippen LogP contribution in [-0.2, 0) is 17.6 Å². The summed E-state index contributed by atoms with van der Waals surface area (Å²) in [5.41, 5.74) is 3.29. The molecule has 10 nitrogen and oxygen atoms in total. The molecule has 4 aromatic carbocycles. The van der Waals surface area contributed by atoms with Crippen molar-refractivity contribution in [2.24, 2.45) is 5.92 Å². The molecule has 0 aromatic heterocycles. The summed E-state index contributed by atoms with van der Waals surface area (Å²) in [7, 11) is 1.48. The second kappa shape index (κ2) is 16.8. The lowest BCUT2D eigenvalue weighted by atomic mass is 9.84. The molecular weight excluding hydrogens is 660 g/mol. The Balaban J connectivity index is 1.17. The number of carbonyl (C=O) groups is 1. The highest BCUT2D eigenvalue weighted by molar-refractivity contribution is 5.87. The molecule has 52 heavy (non-hydrogen) atoms. The molecule has 4 aromatic rings. The minimum Gasteiger partial charge on any atom is -0.508 e. The molecule has 1 heterocycles. The van der Waals surface area contributed by atoms with Crippen LogP contribution in [0.4, 0.5) is 5.69 Å². The van der Waals surface area contributed by atoms with Gasteiger partial charge in [0.1, 0.15) is 17.4 Å². The number of ether oxygens (including phenoxy) is 2.